The maximum absolute atomic E-state index is 14.5. The molecule has 0 aliphatic heterocycles. The van der Waals surface area contributed by atoms with Crippen LogP contribution in [0, 0.1) is 29.1 Å². The molecule has 1 unspecified atom stereocenters. The quantitative estimate of drug-likeness (QED) is 0.266. The van der Waals surface area contributed by atoms with Crippen LogP contribution in [-0.2, 0) is 38.1 Å². The second kappa shape index (κ2) is 11.9. The van der Waals surface area contributed by atoms with Gasteiger partial charge in [-0.1, -0.05) is 51.1 Å². The summed E-state index contributed by atoms with van der Waals surface area (Å²) in [6.07, 6.45) is 2.24. The Morgan fingerprint density at radius 3 is 2.21 bits per heavy atom. The third kappa shape index (κ3) is 6.05. The largest absolute Gasteiger partial charge is 0.461 e. The van der Waals surface area contributed by atoms with Crippen LogP contribution >= 0.6 is 0 Å². The van der Waals surface area contributed by atoms with E-state index in [1.54, 1.807) is 44.2 Å². The molecule has 3 aliphatic carbocycles. The molecule has 1 aromatic carbocycles. The highest BCUT2D eigenvalue weighted by Crippen LogP contribution is 2.62. The van der Waals surface area contributed by atoms with Gasteiger partial charge in [0.15, 0.2) is 5.60 Å². The SMILES string of the molecule is CC(=O)OC/C1=C/C[C@@H]2[C@H](/C=C(\C)C(=O)[C@]3(OC(C)=O)C[C@@H](C)[C@@H](OC(=O)c4ccccc4)[C@H]3C1OC(C)=O)C2(C)C. The molecule has 226 valence electrons. The number of ether oxygens (including phenoxy) is 4. The summed E-state index contributed by atoms with van der Waals surface area (Å²) in [6, 6.07) is 8.40. The molecule has 1 aromatic rings. The number of rotatable bonds is 6. The summed E-state index contributed by atoms with van der Waals surface area (Å²) < 4.78 is 23.4. The topological polar surface area (TPSA) is 122 Å². The van der Waals surface area contributed by atoms with E-state index in [1.807, 2.05) is 12.2 Å². The number of carbonyl (C=O) groups excluding carboxylic acids is 5. The Balaban J connectivity index is 1.94. The van der Waals surface area contributed by atoms with E-state index >= 15 is 0 Å². The maximum atomic E-state index is 14.5. The third-order valence-electron chi connectivity index (χ3n) is 9.03. The lowest BCUT2D eigenvalue weighted by molar-refractivity contribution is -0.179. The number of hydrogen-bond acceptors (Lipinski definition) is 9. The van der Waals surface area contributed by atoms with E-state index < -0.39 is 59.3 Å². The molecule has 9 heteroatoms. The Hall–Kier alpha value is -3.75. The summed E-state index contributed by atoms with van der Waals surface area (Å²) in [7, 11) is 0. The molecular formula is C33H40O9. The molecule has 0 aromatic heterocycles. The number of allylic oxidation sites excluding steroid dienone is 2. The molecule has 0 amide bonds. The van der Waals surface area contributed by atoms with Crippen molar-refractivity contribution in [3.8, 4) is 0 Å². The van der Waals surface area contributed by atoms with Crippen LogP contribution in [0.25, 0.3) is 0 Å². The lowest BCUT2D eigenvalue weighted by Gasteiger charge is -2.40. The summed E-state index contributed by atoms with van der Waals surface area (Å²) in [6.45, 7) is 11.3. The highest BCUT2D eigenvalue weighted by Gasteiger charge is 2.65. The molecule has 3 aliphatic rings. The zero-order valence-electron chi connectivity index (χ0n) is 25.3. The van der Waals surface area contributed by atoms with E-state index in [-0.39, 0.29) is 30.3 Å². The van der Waals surface area contributed by atoms with Crippen molar-refractivity contribution in [1.29, 1.82) is 0 Å². The highest BCUT2D eigenvalue weighted by atomic mass is 16.6. The van der Waals surface area contributed by atoms with Crippen LogP contribution in [0.4, 0.5) is 0 Å². The molecule has 7 atom stereocenters. The summed E-state index contributed by atoms with van der Waals surface area (Å²) in [5, 5.41) is 0. The predicted molar refractivity (Wildman–Crippen MR) is 152 cm³/mol. The lowest BCUT2D eigenvalue weighted by atomic mass is 9.76. The Morgan fingerprint density at radius 1 is 0.952 bits per heavy atom. The normalized spacial score (nSPS) is 34.1. The van der Waals surface area contributed by atoms with Gasteiger partial charge in [-0.05, 0) is 54.2 Å². The average molecular weight is 581 g/mol. The van der Waals surface area contributed by atoms with Crippen molar-refractivity contribution in [3.63, 3.8) is 0 Å². The molecule has 0 bridgehead atoms. The van der Waals surface area contributed by atoms with Gasteiger partial charge in [0.2, 0.25) is 5.78 Å². The minimum atomic E-state index is -1.82. The number of esters is 4. The Kier molecular flexibility index (Phi) is 8.81. The molecule has 0 radical (unpaired) electrons. The fourth-order valence-corrected chi connectivity index (χ4v) is 6.90. The van der Waals surface area contributed by atoms with Gasteiger partial charge in [-0.15, -0.1) is 0 Å². The van der Waals surface area contributed by atoms with Crippen molar-refractivity contribution >= 4 is 29.7 Å². The molecule has 0 saturated heterocycles. The minimum Gasteiger partial charge on any atom is -0.461 e. The second-order valence-electron chi connectivity index (χ2n) is 12.4. The van der Waals surface area contributed by atoms with E-state index in [2.05, 4.69) is 13.8 Å². The maximum Gasteiger partial charge on any atom is 0.338 e. The Labute approximate surface area is 246 Å². The van der Waals surface area contributed by atoms with Crippen molar-refractivity contribution in [3.05, 3.63) is 59.2 Å². The van der Waals surface area contributed by atoms with Gasteiger partial charge in [0.1, 0.15) is 18.8 Å². The predicted octanol–water partition coefficient (Wildman–Crippen LogP) is 4.78. The van der Waals surface area contributed by atoms with Crippen molar-refractivity contribution in [2.24, 2.45) is 29.1 Å². The first-order chi connectivity index (χ1) is 19.7. The van der Waals surface area contributed by atoms with Crippen LogP contribution < -0.4 is 0 Å². The number of Topliss-reactive ketones (excluding diaryl/α,β-unsaturated/α-hetero) is 1. The molecule has 42 heavy (non-hydrogen) atoms. The first-order valence-electron chi connectivity index (χ1n) is 14.4. The molecular weight excluding hydrogens is 540 g/mol. The van der Waals surface area contributed by atoms with Crippen molar-refractivity contribution in [1.82, 2.24) is 0 Å². The molecule has 4 rings (SSSR count). The third-order valence-corrected chi connectivity index (χ3v) is 9.03. The van der Waals surface area contributed by atoms with Gasteiger partial charge >= 0.3 is 23.9 Å². The zero-order valence-corrected chi connectivity index (χ0v) is 25.3. The number of benzene rings is 1. The van der Waals surface area contributed by atoms with Crippen molar-refractivity contribution in [2.45, 2.75) is 79.1 Å². The fourth-order valence-electron chi connectivity index (χ4n) is 6.90. The number of fused-ring (bicyclic) bond motifs is 2. The van der Waals surface area contributed by atoms with Gasteiger partial charge in [0, 0.05) is 32.8 Å². The number of hydrogen-bond donors (Lipinski definition) is 0. The Morgan fingerprint density at radius 2 is 1.62 bits per heavy atom. The van der Waals surface area contributed by atoms with Gasteiger partial charge < -0.3 is 18.9 Å². The van der Waals surface area contributed by atoms with Crippen LogP contribution in [0.3, 0.4) is 0 Å². The van der Waals surface area contributed by atoms with Crippen LogP contribution in [-0.4, -0.2) is 54.1 Å². The summed E-state index contributed by atoms with van der Waals surface area (Å²) in [5.74, 6) is -4.28. The zero-order chi connectivity index (χ0) is 31.0. The molecule has 0 heterocycles. The van der Waals surface area contributed by atoms with E-state index in [9.17, 15) is 24.0 Å². The minimum absolute atomic E-state index is 0.0318. The number of ketones is 1. The smallest absolute Gasteiger partial charge is 0.338 e. The monoisotopic (exact) mass is 580 g/mol. The molecule has 0 spiro atoms. The molecule has 2 saturated carbocycles. The van der Waals surface area contributed by atoms with Crippen LogP contribution in [0.15, 0.2) is 53.6 Å². The number of carbonyl (C=O) groups is 5. The van der Waals surface area contributed by atoms with Gasteiger partial charge in [-0.3, -0.25) is 19.2 Å². The standard InChI is InChI=1S/C33H40O9/c1-18-15-26-25(32(26,6)7)14-13-24(17-39-20(3)34)29(40-21(4)35)27-28(41-31(38)23-11-9-8-10-12-23)19(2)16-33(27,30(18)37)42-22(5)36/h8-13,15,19,25-29H,14,16-17H2,1-7H3/b18-15+,24-13-/t19-,25-,26+,27+,28-,29?,33+/m1/s1. The first-order valence-corrected chi connectivity index (χ1v) is 14.4. The highest BCUT2D eigenvalue weighted by molar-refractivity contribution is 6.03. The second-order valence-corrected chi connectivity index (χ2v) is 12.4. The van der Waals surface area contributed by atoms with E-state index in [1.165, 1.54) is 20.8 Å². The van der Waals surface area contributed by atoms with Gasteiger partial charge in [0.25, 0.3) is 0 Å². The van der Waals surface area contributed by atoms with Crippen LogP contribution in [0.5, 0.6) is 0 Å². The van der Waals surface area contributed by atoms with Gasteiger partial charge in [-0.25, -0.2) is 4.79 Å². The average Bonchev–Trinajstić information content (AvgIpc) is 3.30. The fraction of sp³-hybridized carbons (Fsp3) is 0.545. The van der Waals surface area contributed by atoms with Gasteiger partial charge in [0.05, 0.1) is 11.5 Å². The van der Waals surface area contributed by atoms with Crippen molar-refractivity contribution in [2.75, 3.05) is 6.61 Å². The summed E-state index contributed by atoms with van der Waals surface area (Å²) in [4.78, 5) is 65.1. The first kappa shape index (κ1) is 31.2. The summed E-state index contributed by atoms with van der Waals surface area (Å²) in [5.41, 5.74) is -0.761. The van der Waals surface area contributed by atoms with E-state index in [4.69, 9.17) is 18.9 Å². The Bertz CT molecular complexity index is 1320. The summed E-state index contributed by atoms with van der Waals surface area (Å²) >= 11 is 0. The van der Waals surface area contributed by atoms with Crippen LogP contribution in [0.1, 0.15) is 71.7 Å². The van der Waals surface area contributed by atoms with Crippen LogP contribution in [0.2, 0.25) is 0 Å². The van der Waals surface area contributed by atoms with E-state index in [0.29, 0.717) is 23.1 Å². The molecule has 2 fully saturated rings. The van der Waals surface area contributed by atoms with Gasteiger partial charge in [-0.2, -0.15) is 0 Å². The lowest BCUT2D eigenvalue weighted by Crippen LogP contribution is -2.55. The van der Waals surface area contributed by atoms with Crippen molar-refractivity contribution < 1.29 is 42.9 Å². The van der Waals surface area contributed by atoms with E-state index in [0.717, 1.165) is 0 Å². The molecule has 9 nitrogen and oxygen atoms in total. The molecule has 0 N–H and O–H groups in total.